The molecule has 0 aliphatic heterocycles. The summed E-state index contributed by atoms with van der Waals surface area (Å²) in [6.45, 7) is 7.70. The minimum absolute atomic E-state index is 0.0301. The standard InChI is InChI=1S/C17H21N2O3/c1-10-7-12(3)15(18(5)9-10)14-11(2)8-13(4)17(22-6)16(14)19(20)21/h7-9H,1-6H3/q+1. The van der Waals surface area contributed by atoms with E-state index >= 15 is 0 Å². The Bertz CT molecular complexity index is 744. The third-order valence-electron chi connectivity index (χ3n) is 3.83. The number of pyridine rings is 1. The molecule has 0 saturated heterocycles. The van der Waals surface area contributed by atoms with Gasteiger partial charge in [-0.3, -0.25) is 10.1 Å². The number of hydrogen-bond donors (Lipinski definition) is 0. The first kappa shape index (κ1) is 15.9. The molecule has 0 bridgehead atoms. The lowest BCUT2D eigenvalue weighted by molar-refractivity contribution is -0.661. The summed E-state index contributed by atoms with van der Waals surface area (Å²) in [5.41, 5.74) is 5.24. The molecule has 0 N–H and O–H groups in total. The Balaban J connectivity index is 2.96. The first-order valence-corrected chi connectivity index (χ1v) is 7.07. The maximum Gasteiger partial charge on any atom is 0.325 e. The van der Waals surface area contributed by atoms with Crippen LogP contribution in [0.5, 0.6) is 5.75 Å². The lowest BCUT2D eigenvalue weighted by Gasteiger charge is -2.13. The molecule has 0 atom stereocenters. The van der Waals surface area contributed by atoms with Gasteiger partial charge >= 0.3 is 5.69 Å². The fourth-order valence-corrected chi connectivity index (χ4v) is 3.15. The summed E-state index contributed by atoms with van der Waals surface area (Å²) in [5, 5.41) is 11.7. The van der Waals surface area contributed by atoms with E-state index < -0.39 is 0 Å². The number of ether oxygens (including phenoxy) is 1. The molecule has 1 aromatic carbocycles. The maximum atomic E-state index is 11.7. The number of rotatable bonds is 3. The van der Waals surface area contributed by atoms with Crippen molar-refractivity contribution in [1.29, 1.82) is 0 Å². The molecule has 0 spiro atoms. The van der Waals surface area contributed by atoms with Gasteiger partial charge in [0.2, 0.25) is 11.4 Å². The van der Waals surface area contributed by atoms with E-state index in [0.717, 1.165) is 27.9 Å². The Morgan fingerprint density at radius 3 is 2.23 bits per heavy atom. The molecule has 0 radical (unpaired) electrons. The highest BCUT2D eigenvalue weighted by atomic mass is 16.6. The van der Waals surface area contributed by atoms with Gasteiger partial charge < -0.3 is 4.74 Å². The van der Waals surface area contributed by atoms with Crippen LogP contribution in [0.25, 0.3) is 11.3 Å². The van der Waals surface area contributed by atoms with E-state index in [1.807, 2.05) is 57.6 Å². The van der Waals surface area contributed by atoms with E-state index in [0.29, 0.717) is 11.3 Å². The molecule has 5 nitrogen and oxygen atoms in total. The van der Waals surface area contributed by atoms with E-state index in [-0.39, 0.29) is 10.6 Å². The summed E-state index contributed by atoms with van der Waals surface area (Å²) < 4.78 is 7.25. The Kier molecular flexibility index (Phi) is 4.17. The molecule has 22 heavy (non-hydrogen) atoms. The summed E-state index contributed by atoms with van der Waals surface area (Å²) in [4.78, 5) is 11.3. The number of aryl methyl sites for hydroxylation is 5. The molecule has 0 aliphatic rings. The second-order valence-electron chi connectivity index (χ2n) is 5.68. The van der Waals surface area contributed by atoms with E-state index in [4.69, 9.17) is 4.74 Å². The highest BCUT2D eigenvalue weighted by Crippen LogP contribution is 2.42. The summed E-state index contributed by atoms with van der Waals surface area (Å²) in [6, 6.07) is 3.96. The van der Waals surface area contributed by atoms with Crippen molar-refractivity contribution < 1.29 is 14.2 Å². The van der Waals surface area contributed by atoms with Crippen LogP contribution in [-0.2, 0) is 7.05 Å². The number of nitro benzene ring substituents is 1. The van der Waals surface area contributed by atoms with Crippen LogP contribution < -0.4 is 9.30 Å². The Morgan fingerprint density at radius 1 is 1.09 bits per heavy atom. The largest absolute Gasteiger partial charge is 0.490 e. The third kappa shape index (κ3) is 2.54. The van der Waals surface area contributed by atoms with Gasteiger partial charge in [0.05, 0.1) is 12.0 Å². The zero-order valence-electron chi connectivity index (χ0n) is 13.9. The van der Waals surface area contributed by atoms with Crippen molar-refractivity contribution in [1.82, 2.24) is 0 Å². The van der Waals surface area contributed by atoms with Crippen LogP contribution in [0, 0.1) is 37.8 Å². The number of nitrogens with zero attached hydrogens (tertiary/aromatic N) is 2. The van der Waals surface area contributed by atoms with Gasteiger partial charge in [-0.1, -0.05) is 6.07 Å². The van der Waals surface area contributed by atoms with Crippen molar-refractivity contribution in [3.05, 3.63) is 50.7 Å². The predicted octanol–water partition coefficient (Wildman–Crippen LogP) is 3.33. The summed E-state index contributed by atoms with van der Waals surface area (Å²) >= 11 is 0. The molecule has 5 heteroatoms. The van der Waals surface area contributed by atoms with Crippen LogP contribution in [0.2, 0.25) is 0 Å². The molecular formula is C17H21N2O3+. The van der Waals surface area contributed by atoms with Crippen molar-refractivity contribution in [3.63, 3.8) is 0 Å². The highest BCUT2D eigenvalue weighted by Gasteiger charge is 2.31. The second kappa shape index (κ2) is 5.75. The molecule has 116 valence electrons. The SMILES string of the molecule is COc1c(C)cc(C)c(-c2c(C)cc(C)c[n+]2C)c1[N+](=O)[O-]. The average Bonchev–Trinajstić information content (AvgIpc) is 2.39. The zero-order valence-corrected chi connectivity index (χ0v) is 13.9. The van der Waals surface area contributed by atoms with Crippen molar-refractivity contribution >= 4 is 5.69 Å². The number of aromatic nitrogens is 1. The number of nitro groups is 1. The lowest BCUT2D eigenvalue weighted by Crippen LogP contribution is -2.32. The van der Waals surface area contributed by atoms with Gasteiger partial charge in [-0.25, -0.2) is 4.57 Å². The van der Waals surface area contributed by atoms with Gasteiger partial charge in [0.15, 0.2) is 6.20 Å². The van der Waals surface area contributed by atoms with Crippen LogP contribution in [0.15, 0.2) is 18.3 Å². The molecule has 0 fully saturated rings. The minimum atomic E-state index is -0.354. The van der Waals surface area contributed by atoms with Gasteiger partial charge in [0.25, 0.3) is 0 Å². The van der Waals surface area contributed by atoms with Gasteiger partial charge in [-0.05, 0) is 44.9 Å². The molecule has 0 unspecified atom stereocenters. The molecule has 0 saturated carbocycles. The van der Waals surface area contributed by atoms with Crippen molar-refractivity contribution in [2.75, 3.05) is 7.11 Å². The maximum absolute atomic E-state index is 11.7. The van der Waals surface area contributed by atoms with Gasteiger partial charge in [0, 0.05) is 11.1 Å². The topological polar surface area (TPSA) is 56.2 Å². The van der Waals surface area contributed by atoms with Crippen molar-refractivity contribution in [2.24, 2.45) is 7.05 Å². The third-order valence-corrected chi connectivity index (χ3v) is 3.83. The molecule has 2 rings (SSSR count). The predicted molar refractivity (Wildman–Crippen MR) is 85.2 cm³/mol. The molecule has 1 aromatic heterocycles. The number of benzene rings is 1. The smallest absolute Gasteiger partial charge is 0.325 e. The molecule has 0 amide bonds. The Hall–Kier alpha value is -2.43. The second-order valence-corrected chi connectivity index (χ2v) is 5.68. The molecule has 0 aliphatic carbocycles. The van der Waals surface area contributed by atoms with E-state index in [1.165, 1.54) is 7.11 Å². The minimum Gasteiger partial charge on any atom is -0.490 e. The van der Waals surface area contributed by atoms with Crippen LogP contribution >= 0.6 is 0 Å². The highest BCUT2D eigenvalue weighted by molar-refractivity contribution is 5.79. The number of hydrogen-bond acceptors (Lipinski definition) is 3. The average molecular weight is 301 g/mol. The van der Waals surface area contributed by atoms with Gasteiger partial charge in [-0.2, -0.15) is 0 Å². The van der Waals surface area contributed by atoms with Crippen LogP contribution in [0.4, 0.5) is 5.69 Å². The summed E-state index contributed by atoms with van der Waals surface area (Å²) in [6.07, 6.45) is 1.97. The molecule has 1 heterocycles. The molecular weight excluding hydrogens is 280 g/mol. The Labute approximate surface area is 130 Å². The van der Waals surface area contributed by atoms with Crippen LogP contribution in [0.1, 0.15) is 22.3 Å². The van der Waals surface area contributed by atoms with Gasteiger partial charge in [0.1, 0.15) is 12.6 Å². The normalized spacial score (nSPS) is 10.6. The van der Waals surface area contributed by atoms with E-state index in [9.17, 15) is 10.1 Å². The molecule has 2 aromatic rings. The Morgan fingerprint density at radius 2 is 1.73 bits per heavy atom. The zero-order chi connectivity index (χ0) is 16.6. The fraction of sp³-hybridized carbons (Fsp3) is 0.353. The quantitative estimate of drug-likeness (QED) is 0.496. The van der Waals surface area contributed by atoms with Crippen LogP contribution in [0.3, 0.4) is 0 Å². The lowest BCUT2D eigenvalue weighted by atomic mass is 9.95. The first-order chi connectivity index (χ1) is 10.3. The monoisotopic (exact) mass is 301 g/mol. The van der Waals surface area contributed by atoms with E-state index in [1.54, 1.807) is 0 Å². The summed E-state index contributed by atoms with van der Waals surface area (Å²) in [7, 11) is 3.38. The van der Waals surface area contributed by atoms with E-state index in [2.05, 4.69) is 0 Å². The fourth-order valence-electron chi connectivity index (χ4n) is 3.15. The van der Waals surface area contributed by atoms with Crippen molar-refractivity contribution in [2.45, 2.75) is 27.7 Å². The van der Waals surface area contributed by atoms with Crippen molar-refractivity contribution in [3.8, 4) is 17.0 Å². The van der Waals surface area contributed by atoms with Gasteiger partial charge in [-0.15, -0.1) is 0 Å². The van der Waals surface area contributed by atoms with Crippen LogP contribution in [-0.4, -0.2) is 12.0 Å². The number of methoxy groups -OCH3 is 1. The summed E-state index contributed by atoms with van der Waals surface area (Å²) in [5.74, 6) is 0.325. The first-order valence-electron chi connectivity index (χ1n) is 7.07.